The van der Waals surface area contributed by atoms with Gasteiger partial charge in [0, 0.05) is 37.4 Å². The second-order valence-corrected chi connectivity index (χ2v) is 7.26. The van der Waals surface area contributed by atoms with Gasteiger partial charge in [-0.2, -0.15) is 0 Å². The minimum Gasteiger partial charge on any atom is -0.359 e. The van der Waals surface area contributed by atoms with E-state index in [-0.39, 0.29) is 0 Å². The second-order valence-electron chi connectivity index (χ2n) is 6.18. The summed E-state index contributed by atoms with van der Waals surface area (Å²) in [5, 5.41) is 1.30. The maximum Gasteiger partial charge on any atom is 0.140 e. The van der Waals surface area contributed by atoms with Gasteiger partial charge in [-0.05, 0) is 38.2 Å². The van der Waals surface area contributed by atoms with Crippen molar-refractivity contribution in [3.63, 3.8) is 0 Å². The van der Waals surface area contributed by atoms with Gasteiger partial charge in [-0.3, -0.25) is 0 Å². The first kappa shape index (κ1) is 14.6. The van der Waals surface area contributed by atoms with Crippen LogP contribution in [0.1, 0.15) is 29.1 Å². The highest BCUT2D eigenvalue weighted by Crippen LogP contribution is 2.39. The van der Waals surface area contributed by atoms with Crippen molar-refractivity contribution in [3.05, 3.63) is 35.0 Å². The molecule has 1 aliphatic rings. The summed E-state index contributed by atoms with van der Waals surface area (Å²) in [6, 6.07) is 0. The average molecular weight is 327 g/mol. The van der Waals surface area contributed by atoms with Crippen LogP contribution in [-0.4, -0.2) is 33.1 Å². The number of rotatable bonds is 5. The molecule has 1 aliphatic carbocycles. The van der Waals surface area contributed by atoms with Gasteiger partial charge in [-0.1, -0.05) is 0 Å². The molecule has 0 radical (unpaired) electrons. The number of thiophene rings is 1. The van der Waals surface area contributed by atoms with Gasteiger partial charge in [0.25, 0.3) is 0 Å². The third-order valence-corrected chi connectivity index (χ3v) is 5.86. The molecule has 0 amide bonds. The molecular formula is C17H21N5S. The quantitative estimate of drug-likeness (QED) is 0.722. The zero-order valence-corrected chi connectivity index (χ0v) is 14.4. The fourth-order valence-electron chi connectivity index (χ4n) is 3.43. The van der Waals surface area contributed by atoms with Crippen LogP contribution >= 0.6 is 11.3 Å². The summed E-state index contributed by atoms with van der Waals surface area (Å²) in [7, 11) is 2.14. The normalized spacial score (nSPS) is 13.7. The molecule has 120 valence electrons. The molecule has 0 saturated heterocycles. The van der Waals surface area contributed by atoms with E-state index in [0.717, 1.165) is 36.0 Å². The largest absolute Gasteiger partial charge is 0.359 e. The Morgan fingerprint density at radius 1 is 1.26 bits per heavy atom. The summed E-state index contributed by atoms with van der Waals surface area (Å²) >= 11 is 1.85. The molecule has 0 spiro atoms. The van der Waals surface area contributed by atoms with Crippen LogP contribution < -0.4 is 4.90 Å². The molecule has 23 heavy (non-hydrogen) atoms. The molecule has 4 rings (SSSR count). The molecule has 0 aliphatic heterocycles. The maximum atomic E-state index is 4.59. The van der Waals surface area contributed by atoms with Gasteiger partial charge in [-0.25, -0.2) is 15.0 Å². The number of hydrogen-bond acceptors (Lipinski definition) is 5. The van der Waals surface area contributed by atoms with Crippen molar-refractivity contribution in [2.75, 3.05) is 18.5 Å². The second kappa shape index (κ2) is 5.92. The molecular weight excluding hydrogens is 306 g/mol. The molecule has 0 bridgehead atoms. The summed E-state index contributed by atoms with van der Waals surface area (Å²) in [5.41, 5.74) is 1.50. The first-order chi connectivity index (χ1) is 11.2. The molecule has 6 heteroatoms. The zero-order chi connectivity index (χ0) is 15.8. The van der Waals surface area contributed by atoms with Gasteiger partial charge in [0.05, 0.1) is 5.39 Å². The van der Waals surface area contributed by atoms with Crippen molar-refractivity contribution in [2.24, 2.45) is 0 Å². The lowest BCUT2D eigenvalue weighted by molar-refractivity contribution is 0.621. The van der Waals surface area contributed by atoms with E-state index in [9.17, 15) is 0 Å². The topological polar surface area (TPSA) is 46.8 Å². The van der Waals surface area contributed by atoms with Crippen molar-refractivity contribution in [1.29, 1.82) is 0 Å². The molecule has 0 saturated carbocycles. The van der Waals surface area contributed by atoms with Crippen molar-refractivity contribution in [3.8, 4) is 0 Å². The van der Waals surface area contributed by atoms with Crippen LogP contribution in [0.3, 0.4) is 0 Å². The Hall–Kier alpha value is -1.95. The first-order valence-electron chi connectivity index (χ1n) is 8.18. The van der Waals surface area contributed by atoms with Crippen LogP contribution in [0.15, 0.2) is 18.7 Å². The van der Waals surface area contributed by atoms with Crippen molar-refractivity contribution in [2.45, 2.75) is 39.2 Å². The van der Waals surface area contributed by atoms with Gasteiger partial charge in [0.2, 0.25) is 0 Å². The predicted octanol–water partition coefficient (Wildman–Crippen LogP) is 3.21. The van der Waals surface area contributed by atoms with Crippen molar-refractivity contribution < 1.29 is 0 Å². The number of anilines is 1. The van der Waals surface area contributed by atoms with Gasteiger partial charge < -0.3 is 9.47 Å². The Kier molecular flexibility index (Phi) is 3.77. The lowest BCUT2D eigenvalue weighted by atomic mass is 10.2. The highest BCUT2D eigenvalue weighted by atomic mass is 32.1. The molecule has 3 heterocycles. The van der Waals surface area contributed by atoms with Crippen LogP contribution in [0.5, 0.6) is 0 Å². The third-order valence-electron chi connectivity index (χ3n) is 4.66. The number of imidazole rings is 1. The van der Waals surface area contributed by atoms with Gasteiger partial charge in [0.15, 0.2) is 0 Å². The van der Waals surface area contributed by atoms with E-state index in [0.29, 0.717) is 0 Å². The van der Waals surface area contributed by atoms with E-state index < -0.39 is 0 Å². The number of aromatic nitrogens is 4. The van der Waals surface area contributed by atoms with E-state index in [1.165, 1.54) is 35.1 Å². The Labute approximate surface area is 140 Å². The Morgan fingerprint density at radius 2 is 2.17 bits per heavy atom. The smallest absolute Gasteiger partial charge is 0.140 e. The first-order valence-corrected chi connectivity index (χ1v) is 9.00. The fourth-order valence-corrected chi connectivity index (χ4v) is 4.65. The maximum absolute atomic E-state index is 4.59. The van der Waals surface area contributed by atoms with Crippen molar-refractivity contribution >= 4 is 27.4 Å². The van der Waals surface area contributed by atoms with Crippen LogP contribution in [0.25, 0.3) is 10.2 Å². The number of aryl methyl sites for hydroxylation is 4. The third kappa shape index (κ3) is 2.61. The highest BCUT2D eigenvalue weighted by Gasteiger charge is 2.22. The molecule has 0 fully saturated rings. The number of nitrogens with zero attached hydrogens (tertiary/aromatic N) is 5. The average Bonchev–Trinajstić information content (AvgIpc) is 3.23. The van der Waals surface area contributed by atoms with Crippen LogP contribution in [0.2, 0.25) is 0 Å². The highest BCUT2D eigenvalue weighted by molar-refractivity contribution is 7.19. The minimum absolute atomic E-state index is 0.981. The molecule has 0 N–H and O–H groups in total. The fraction of sp³-hybridized carbons (Fsp3) is 0.471. The van der Waals surface area contributed by atoms with E-state index in [4.69, 9.17) is 0 Å². The van der Waals surface area contributed by atoms with E-state index in [2.05, 4.69) is 31.5 Å². The lowest BCUT2D eigenvalue weighted by Crippen LogP contribution is -2.21. The SMILES string of the molecule is Cc1nccn1CCCN(C)c1ncnc2sc3c(c12)CCC3. The molecule has 3 aromatic heterocycles. The standard InChI is InChI=1S/C17H21N5S/c1-12-18-7-10-22(12)9-4-8-21(2)16-15-13-5-3-6-14(13)23-17(15)20-11-19-16/h7,10-11H,3-6,8-9H2,1-2H3. The molecule has 0 unspecified atom stereocenters. The summed E-state index contributed by atoms with van der Waals surface area (Å²) < 4.78 is 2.20. The molecule has 0 aromatic carbocycles. The zero-order valence-electron chi connectivity index (χ0n) is 13.6. The summed E-state index contributed by atoms with van der Waals surface area (Å²) in [4.78, 5) is 18.3. The lowest BCUT2D eigenvalue weighted by Gasteiger charge is -2.19. The molecule has 5 nitrogen and oxygen atoms in total. The van der Waals surface area contributed by atoms with Gasteiger partial charge in [-0.15, -0.1) is 11.3 Å². The Balaban J connectivity index is 1.53. The molecule has 0 atom stereocenters. The number of fused-ring (bicyclic) bond motifs is 3. The predicted molar refractivity (Wildman–Crippen MR) is 94.3 cm³/mol. The van der Waals surface area contributed by atoms with Crippen LogP contribution in [0, 0.1) is 6.92 Å². The minimum atomic E-state index is 0.981. The summed E-state index contributed by atoms with van der Waals surface area (Å²) in [6.45, 7) is 4.02. The molecule has 3 aromatic rings. The van der Waals surface area contributed by atoms with Gasteiger partial charge in [0.1, 0.15) is 22.8 Å². The monoisotopic (exact) mass is 327 g/mol. The Morgan fingerprint density at radius 3 is 3.00 bits per heavy atom. The van der Waals surface area contributed by atoms with Gasteiger partial charge >= 0.3 is 0 Å². The Bertz CT molecular complexity index is 835. The van der Waals surface area contributed by atoms with Crippen LogP contribution in [0.4, 0.5) is 5.82 Å². The van der Waals surface area contributed by atoms with E-state index in [1.54, 1.807) is 6.33 Å². The number of hydrogen-bond donors (Lipinski definition) is 0. The van der Waals surface area contributed by atoms with E-state index >= 15 is 0 Å². The van der Waals surface area contributed by atoms with Crippen molar-refractivity contribution in [1.82, 2.24) is 19.5 Å². The summed E-state index contributed by atoms with van der Waals surface area (Å²) in [5.74, 6) is 2.17. The van der Waals surface area contributed by atoms with E-state index in [1.807, 2.05) is 30.7 Å². The summed E-state index contributed by atoms with van der Waals surface area (Å²) in [6.07, 6.45) is 10.4. The van der Waals surface area contributed by atoms with Crippen LogP contribution in [-0.2, 0) is 19.4 Å².